The number of carbonyl (C=O) groups is 2. The molecule has 0 saturated carbocycles. The third kappa shape index (κ3) is 4.28. The van der Waals surface area contributed by atoms with Gasteiger partial charge in [0.25, 0.3) is 0 Å². The highest BCUT2D eigenvalue weighted by atomic mass is 32.2. The minimum Gasteiger partial charge on any atom is -0.351 e. The lowest BCUT2D eigenvalue weighted by molar-refractivity contribution is -0.120. The predicted molar refractivity (Wildman–Crippen MR) is 107 cm³/mol. The molecule has 0 aliphatic heterocycles. The Kier molecular flexibility index (Phi) is 5.89. The van der Waals surface area contributed by atoms with Crippen LogP contribution in [0.25, 0.3) is 22.0 Å². The lowest BCUT2D eigenvalue weighted by Crippen LogP contribution is -2.42. The minimum atomic E-state index is -0.890. The molecule has 3 N–H and O–H groups in total. The molecule has 0 bridgehead atoms. The van der Waals surface area contributed by atoms with Crippen molar-refractivity contribution in [3.05, 3.63) is 54.3 Å². The molecule has 3 amide bonds. The molecule has 1 heterocycles. The molecule has 2 aromatic carbocycles. The Morgan fingerprint density at radius 3 is 2.29 bits per heavy atom. The Labute approximate surface area is 165 Å². The van der Waals surface area contributed by atoms with Gasteiger partial charge in [-0.25, -0.2) is 9.18 Å². The fraction of sp³-hybridized carbons (Fsp3) is 0.200. The van der Waals surface area contributed by atoms with Crippen molar-refractivity contribution in [2.45, 2.75) is 24.1 Å². The summed E-state index contributed by atoms with van der Waals surface area (Å²) < 4.78 is 13.3. The second kappa shape index (κ2) is 8.35. The molecule has 0 unspecified atom stereocenters. The Morgan fingerprint density at radius 2 is 1.68 bits per heavy atom. The second-order valence-corrected chi connectivity index (χ2v) is 7.67. The third-order valence-electron chi connectivity index (χ3n) is 4.12. The van der Waals surface area contributed by atoms with Gasteiger partial charge in [-0.1, -0.05) is 49.9 Å². The van der Waals surface area contributed by atoms with E-state index < -0.39 is 17.2 Å². The fourth-order valence-corrected chi connectivity index (χ4v) is 3.86. The summed E-state index contributed by atoms with van der Waals surface area (Å²) in [5, 5.41) is 12.4. The monoisotopic (exact) mass is 398 g/mol. The Balaban J connectivity index is 2.03. The molecule has 1 aromatic heterocycles. The van der Waals surface area contributed by atoms with Crippen LogP contribution in [-0.4, -0.2) is 27.4 Å². The van der Waals surface area contributed by atoms with E-state index in [2.05, 4.69) is 15.5 Å². The molecule has 3 aromatic rings. The molecule has 6 nitrogen and oxygen atoms in total. The van der Waals surface area contributed by atoms with Crippen molar-refractivity contribution in [2.75, 3.05) is 0 Å². The van der Waals surface area contributed by atoms with E-state index in [0.717, 1.165) is 16.3 Å². The highest BCUT2D eigenvalue weighted by molar-refractivity contribution is 8.00. The zero-order valence-electron chi connectivity index (χ0n) is 15.3. The molecule has 0 spiro atoms. The average Bonchev–Trinajstić information content (AvgIpc) is 2.66. The molecule has 0 saturated heterocycles. The maximum absolute atomic E-state index is 13.3. The lowest BCUT2D eigenvalue weighted by Gasteiger charge is -2.19. The normalized spacial score (nSPS) is 12.1. The first-order valence-electron chi connectivity index (χ1n) is 8.65. The van der Waals surface area contributed by atoms with Crippen molar-refractivity contribution >= 4 is 34.5 Å². The van der Waals surface area contributed by atoms with Crippen molar-refractivity contribution in [3.63, 3.8) is 0 Å². The van der Waals surface area contributed by atoms with Crippen LogP contribution in [0.5, 0.6) is 0 Å². The average molecular weight is 398 g/mol. The molecule has 0 radical (unpaired) electrons. The van der Waals surface area contributed by atoms with Gasteiger partial charge in [-0.2, -0.15) is 0 Å². The van der Waals surface area contributed by atoms with Gasteiger partial charge in [-0.3, -0.25) is 10.1 Å². The topological polar surface area (TPSA) is 98.0 Å². The van der Waals surface area contributed by atoms with E-state index in [0.29, 0.717) is 10.7 Å². The largest absolute Gasteiger partial charge is 0.351 e. The van der Waals surface area contributed by atoms with Crippen molar-refractivity contribution < 1.29 is 14.0 Å². The van der Waals surface area contributed by atoms with Crippen molar-refractivity contribution in [3.8, 4) is 11.3 Å². The van der Waals surface area contributed by atoms with Gasteiger partial charge in [0.05, 0.1) is 5.25 Å². The summed E-state index contributed by atoms with van der Waals surface area (Å²) in [5.41, 5.74) is 6.45. The van der Waals surface area contributed by atoms with Gasteiger partial charge in [0, 0.05) is 16.3 Å². The number of primary amides is 1. The number of nitrogens with two attached hydrogens (primary N) is 1. The number of nitrogens with one attached hydrogen (secondary N) is 1. The third-order valence-corrected chi connectivity index (χ3v) is 5.66. The molecule has 8 heteroatoms. The number of urea groups is 1. The summed E-state index contributed by atoms with van der Waals surface area (Å²) in [5.74, 6) is -0.865. The summed E-state index contributed by atoms with van der Waals surface area (Å²) >= 11 is 1.23. The summed E-state index contributed by atoms with van der Waals surface area (Å²) in [4.78, 5) is 23.4. The number of aromatic nitrogens is 2. The fourth-order valence-electron chi connectivity index (χ4n) is 2.79. The van der Waals surface area contributed by atoms with Crippen molar-refractivity contribution in [2.24, 2.45) is 11.7 Å². The highest BCUT2D eigenvalue weighted by Gasteiger charge is 2.26. The number of halogens is 1. The summed E-state index contributed by atoms with van der Waals surface area (Å²) in [7, 11) is 0. The Morgan fingerprint density at radius 1 is 1.04 bits per heavy atom. The first-order valence-corrected chi connectivity index (χ1v) is 9.53. The van der Waals surface area contributed by atoms with Crippen LogP contribution in [0.15, 0.2) is 53.6 Å². The first kappa shape index (κ1) is 19.8. The molecule has 28 heavy (non-hydrogen) atoms. The Bertz CT molecular complexity index is 1020. The molecule has 0 fully saturated rings. The maximum Gasteiger partial charge on any atom is 0.318 e. The van der Waals surface area contributed by atoms with Gasteiger partial charge < -0.3 is 5.73 Å². The van der Waals surface area contributed by atoms with Crippen LogP contribution in [0.1, 0.15) is 13.8 Å². The number of nitrogens with zero attached hydrogens (tertiary/aromatic N) is 2. The van der Waals surface area contributed by atoms with Crippen molar-refractivity contribution in [1.82, 2.24) is 15.5 Å². The quantitative estimate of drug-likeness (QED) is 0.638. The number of amides is 3. The van der Waals surface area contributed by atoms with E-state index in [9.17, 15) is 14.0 Å². The molecule has 1 atom stereocenters. The molecular weight excluding hydrogens is 379 g/mol. The number of fused-ring (bicyclic) bond motifs is 1. The number of hydrogen-bond donors (Lipinski definition) is 2. The van der Waals surface area contributed by atoms with Crippen LogP contribution in [-0.2, 0) is 4.79 Å². The van der Waals surface area contributed by atoms with E-state index in [1.54, 1.807) is 12.1 Å². The van der Waals surface area contributed by atoms with Crippen LogP contribution in [0, 0.1) is 11.7 Å². The summed E-state index contributed by atoms with van der Waals surface area (Å²) in [6.07, 6.45) is 0. The lowest BCUT2D eigenvalue weighted by atomic mass is 10.1. The van der Waals surface area contributed by atoms with Crippen LogP contribution in [0.3, 0.4) is 0 Å². The summed E-state index contributed by atoms with van der Waals surface area (Å²) in [6, 6.07) is 12.7. The van der Waals surface area contributed by atoms with E-state index in [1.165, 1.54) is 23.9 Å². The summed E-state index contributed by atoms with van der Waals surface area (Å²) in [6.45, 7) is 3.75. The minimum absolute atomic E-state index is 0.0679. The van der Waals surface area contributed by atoms with Gasteiger partial charge in [0.15, 0.2) is 0 Å². The van der Waals surface area contributed by atoms with Crippen LogP contribution in [0.4, 0.5) is 9.18 Å². The van der Waals surface area contributed by atoms with Crippen LogP contribution >= 0.6 is 11.8 Å². The highest BCUT2D eigenvalue weighted by Crippen LogP contribution is 2.35. The molecule has 0 aliphatic carbocycles. The predicted octanol–water partition coefficient (Wildman–Crippen LogP) is 3.75. The first-order chi connectivity index (χ1) is 13.4. The van der Waals surface area contributed by atoms with E-state index in [-0.39, 0.29) is 11.7 Å². The number of rotatable bonds is 5. The maximum atomic E-state index is 13.3. The zero-order chi connectivity index (χ0) is 20.3. The smallest absolute Gasteiger partial charge is 0.318 e. The van der Waals surface area contributed by atoms with E-state index >= 15 is 0 Å². The van der Waals surface area contributed by atoms with Crippen molar-refractivity contribution in [1.29, 1.82) is 0 Å². The number of carbonyl (C=O) groups excluding carboxylic acids is 2. The molecule has 144 valence electrons. The molecule has 3 rings (SSSR count). The number of hydrogen-bond acceptors (Lipinski definition) is 5. The van der Waals surface area contributed by atoms with E-state index in [1.807, 2.05) is 38.1 Å². The van der Waals surface area contributed by atoms with Gasteiger partial charge in [0.1, 0.15) is 16.5 Å². The van der Waals surface area contributed by atoms with Crippen LogP contribution in [0.2, 0.25) is 0 Å². The molecular formula is C20H19FN4O2S. The number of thioether (sulfide) groups is 1. The van der Waals surface area contributed by atoms with Gasteiger partial charge >= 0.3 is 6.03 Å². The number of benzene rings is 2. The zero-order valence-corrected chi connectivity index (χ0v) is 16.2. The van der Waals surface area contributed by atoms with Gasteiger partial charge in [-0.05, 0) is 30.2 Å². The van der Waals surface area contributed by atoms with E-state index in [4.69, 9.17) is 5.73 Å². The van der Waals surface area contributed by atoms with Crippen LogP contribution < -0.4 is 11.1 Å². The standard InChI is InChI=1S/C20H19FN4O2S/c1-11(2)17(18(26)23-20(22)27)28-19-15-6-4-3-5-14(15)16(24-25-19)12-7-9-13(21)10-8-12/h3-11,17H,1-2H3,(H3,22,23,26,27)/t17-/m0/s1. The Hall–Kier alpha value is -3.00. The molecule has 0 aliphatic rings. The van der Waals surface area contributed by atoms with Gasteiger partial charge in [0.2, 0.25) is 5.91 Å². The second-order valence-electron chi connectivity index (χ2n) is 6.54. The number of imide groups is 1. The van der Waals surface area contributed by atoms with Gasteiger partial charge in [-0.15, -0.1) is 10.2 Å². The SMILES string of the molecule is CC(C)[C@H](Sc1nnc(-c2ccc(F)cc2)c2ccccc12)C(=O)NC(N)=O.